The molecular weight excluding hydrogens is 631 g/mol. The molecular formula is C50H39NO. The van der Waals surface area contributed by atoms with Gasteiger partial charge >= 0.3 is 0 Å². The number of benzene rings is 8. The average Bonchev–Trinajstić information content (AvgIpc) is 3.56. The first-order valence-electron chi connectivity index (χ1n) is 18.0. The molecule has 0 N–H and O–H groups in total. The third-order valence-corrected chi connectivity index (χ3v) is 10.2. The van der Waals surface area contributed by atoms with Crippen LogP contribution in [-0.2, 0) is 5.41 Å². The Kier molecular flexibility index (Phi) is 7.74. The third-order valence-electron chi connectivity index (χ3n) is 10.2. The molecule has 2 nitrogen and oxygen atoms in total. The molecule has 0 aliphatic rings. The van der Waals surface area contributed by atoms with Crippen LogP contribution in [0.5, 0.6) is 0 Å². The van der Waals surface area contributed by atoms with Gasteiger partial charge in [-0.2, -0.15) is 0 Å². The van der Waals surface area contributed by atoms with Crippen molar-refractivity contribution in [3.8, 4) is 33.4 Å². The molecule has 1 heterocycles. The van der Waals surface area contributed by atoms with E-state index < -0.39 is 0 Å². The minimum atomic E-state index is -0.0555. The fraction of sp³-hybridized carbons (Fsp3) is 0.0800. The minimum Gasteiger partial charge on any atom is -0.456 e. The van der Waals surface area contributed by atoms with Crippen molar-refractivity contribution < 1.29 is 4.42 Å². The summed E-state index contributed by atoms with van der Waals surface area (Å²) in [7, 11) is 0. The first-order valence-corrected chi connectivity index (χ1v) is 18.0. The fourth-order valence-corrected chi connectivity index (χ4v) is 7.63. The normalized spacial score (nSPS) is 11.8. The van der Waals surface area contributed by atoms with E-state index in [0.29, 0.717) is 0 Å². The number of nitrogens with zero attached hydrogens (tertiary/aromatic N) is 1. The first kappa shape index (κ1) is 31.6. The van der Waals surface area contributed by atoms with Crippen LogP contribution in [0.2, 0.25) is 0 Å². The number of para-hydroxylation sites is 2. The highest BCUT2D eigenvalue weighted by Gasteiger charge is 2.25. The predicted octanol–water partition coefficient (Wildman–Crippen LogP) is 14.5. The molecule has 250 valence electrons. The monoisotopic (exact) mass is 669 g/mol. The number of rotatable bonds is 6. The van der Waals surface area contributed by atoms with Crippen molar-refractivity contribution in [2.24, 2.45) is 0 Å². The molecule has 0 fully saturated rings. The van der Waals surface area contributed by atoms with E-state index >= 15 is 0 Å². The molecule has 9 rings (SSSR count). The van der Waals surface area contributed by atoms with Crippen LogP contribution >= 0.6 is 0 Å². The summed E-state index contributed by atoms with van der Waals surface area (Å²) < 4.78 is 6.33. The van der Waals surface area contributed by atoms with Crippen LogP contribution in [0.1, 0.15) is 26.3 Å². The van der Waals surface area contributed by atoms with E-state index in [1.807, 2.05) is 12.1 Å². The third kappa shape index (κ3) is 5.54. The molecule has 8 aromatic carbocycles. The highest BCUT2D eigenvalue weighted by atomic mass is 16.3. The van der Waals surface area contributed by atoms with Gasteiger partial charge in [0.2, 0.25) is 0 Å². The maximum atomic E-state index is 6.33. The summed E-state index contributed by atoms with van der Waals surface area (Å²) in [6, 6.07) is 65.7. The summed E-state index contributed by atoms with van der Waals surface area (Å²) in [5, 5.41) is 4.67. The zero-order valence-corrected chi connectivity index (χ0v) is 29.7. The zero-order valence-electron chi connectivity index (χ0n) is 29.7. The van der Waals surface area contributed by atoms with Crippen molar-refractivity contribution in [1.82, 2.24) is 0 Å². The van der Waals surface area contributed by atoms with Crippen molar-refractivity contribution in [3.05, 3.63) is 188 Å². The van der Waals surface area contributed by atoms with Crippen LogP contribution in [0.4, 0.5) is 17.1 Å². The first-order chi connectivity index (χ1) is 25.4. The summed E-state index contributed by atoms with van der Waals surface area (Å²) in [5.74, 6) is 0. The van der Waals surface area contributed by atoms with Gasteiger partial charge in [-0.3, -0.25) is 0 Å². The lowest BCUT2D eigenvalue weighted by molar-refractivity contribution is 0.590. The van der Waals surface area contributed by atoms with Crippen LogP contribution in [0.15, 0.2) is 186 Å². The fourth-order valence-electron chi connectivity index (χ4n) is 7.63. The summed E-state index contributed by atoms with van der Waals surface area (Å²) in [6.07, 6.45) is 0. The van der Waals surface area contributed by atoms with Crippen LogP contribution in [0.3, 0.4) is 0 Å². The molecule has 52 heavy (non-hydrogen) atoms. The van der Waals surface area contributed by atoms with Gasteiger partial charge in [0.15, 0.2) is 0 Å². The van der Waals surface area contributed by atoms with Crippen molar-refractivity contribution in [3.63, 3.8) is 0 Å². The molecule has 0 spiro atoms. The highest BCUT2D eigenvalue weighted by molar-refractivity contribution is 6.10. The van der Waals surface area contributed by atoms with E-state index in [2.05, 4.69) is 196 Å². The molecule has 0 saturated carbocycles. The lowest BCUT2D eigenvalue weighted by atomic mass is 9.85. The van der Waals surface area contributed by atoms with Gasteiger partial charge in [0.05, 0.1) is 11.4 Å². The second kappa shape index (κ2) is 12.7. The molecule has 0 aliphatic heterocycles. The van der Waals surface area contributed by atoms with Crippen LogP contribution < -0.4 is 4.90 Å². The molecule has 1 aromatic heterocycles. The summed E-state index contributed by atoms with van der Waals surface area (Å²) in [6.45, 7) is 6.87. The largest absolute Gasteiger partial charge is 0.456 e. The maximum Gasteiger partial charge on any atom is 0.135 e. The molecule has 0 radical (unpaired) electrons. The van der Waals surface area contributed by atoms with Gasteiger partial charge in [-0.15, -0.1) is 0 Å². The lowest BCUT2D eigenvalue weighted by Crippen LogP contribution is -2.16. The van der Waals surface area contributed by atoms with Gasteiger partial charge in [0.1, 0.15) is 11.2 Å². The Hall–Kier alpha value is -6.38. The van der Waals surface area contributed by atoms with E-state index in [9.17, 15) is 0 Å². The van der Waals surface area contributed by atoms with E-state index in [1.165, 1.54) is 44.2 Å². The predicted molar refractivity (Wildman–Crippen MR) is 221 cm³/mol. The molecule has 0 amide bonds. The zero-order chi connectivity index (χ0) is 35.2. The van der Waals surface area contributed by atoms with Crippen molar-refractivity contribution in [2.75, 3.05) is 4.90 Å². The van der Waals surface area contributed by atoms with Crippen LogP contribution in [0.25, 0.3) is 66.1 Å². The van der Waals surface area contributed by atoms with E-state index in [1.54, 1.807) is 0 Å². The molecule has 2 heteroatoms. The van der Waals surface area contributed by atoms with Crippen molar-refractivity contribution in [1.29, 1.82) is 0 Å². The molecule has 0 atom stereocenters. The number of furan rings is 1. The van der Waals surface area contributed by atoms with Crippen LogP contribution in [-0.4, -0.2) is 0 Å². The minimum absolute atomic E-state index is 0.0555. The van der Waals surface area contributed by atoms with Crippen LogP contribution in [0, 0.1) is 0 Å². The quantitative estimate of drug-likeness (QED) is 0.175. The standard InChI is InChI=1S/C50H39NO/c1-50(2,3)37-28-30-39(34-16-6-4-7-17-34)46(32-37)51(38-29-31-48-44(33-38)42-23-11-13-27-47(42)52-48)45-26-12-10-22-41(45)43-25-15-21-36-20-14-24-40(49(36)43)35-18-8-5-9-19-35/h4-33H,1-3H3. The Morgan fingerprint density at radius 1 is 0.423 bits per heavy atom. The van der Waals surface area contributed by atoms with E-state index in [0.717, 1.165) is 44.6 Å². The smallest absolute Gasteiger partial charge is 0.135 e. The molecule has 0 saturated heterocycles. The van der Waals surface area contributed by atoms with E-state index in [-0.39, 0.29) is 5.41 Å². The van der Waals surface area contributed by atoms with Gasteiger partial charge in [-0.25, -0.2) is 0 Å². The van der Waals surface area contributed by atoms with Gasteiger partial charge in [0.25, 0.3) is 0 Å². The molecule has 9 aromatic rings. The van der Waals surface area contributed by atoms with Gasteiger partial charge in [-0.05, 0) is 80.4 Å². The summed E-state index contributed by atoms with van der Waals surface area (Å²) in [5.41, 5.74) is 13.4. The molecule has 0 aliphatic carbocycles. The number of hydrogen-bond acceptors (Lipinski definition) is 2. The van der Waals surface area contributed by atoms with Gasteiger partial charge < -0.3 is 9.32 Å². The van der Waals surface area contributed by atoms with Gasteiger partial charge in [-0.1, -0.05) is 166 Å². The van der Waals surface area contributed by atoms with Gasteiger partial charge in [0, 0.05) is 27.6 Å². The number of hydrogen-bond donors (Lipinski definition) is 0. The van der Waals surface area contributed by atoms with Crippen molar-refractivity contribution in [2.45, 2.75) is 26.2 Å². The Morgan fingerprint density at radius 2 is 1.04 bits per heavy atom. The topological polar surface area (TPSA) is 16.4 Å². The second-order valence-corrected chi connectivity index (χ2v) is 14.6. The number of anilines is 3. The summed E-state index contributed by atoms with van der Waals surface area (Å²) >= 11 is 0. The SMILES string of the molecule is CC(C)(C)c1ccc(-c2ccccc2)c(N(c2ccc3oc4ccccc4c3c2)c2ccccc2-c2cccc3cccc(-c4ccccc4)c23)c1. The highest BCUT2D eigenvalue weighted by Crippen LogP contribution is 2.48. The Labute approximate surface area is 305 Å². The Morgan fingerprint density at radius 3 is 1.79 bits per heavy atom. The Bertz CT molecular complexity index is 2710. The second-order valence-electron chi connectivity index (χ2n) is 14.6. The van der Waals surface area contributed by atoms with E-state index in [4.69, 9.17) is 4.42 Å². The lowest BCUT2D eigenvalue weighted by Gasteiger charge is -2.32. The van der Waals surface area contributed by atoms with Crippen molar-refractivity contribution >= 4 is 49.8 Å². The molecule has 0 unspecified atom stereocenters. The molecule has 0 bridgehead atoms. The maximum absolute atomic E-state index is 6.33. The Balaban J connectivity index is 1.37. The average molecular weight is 670 g/mol. The number of fused-ring (bicyclic) bond motifs is 4. The summed E-state index contributed by atoms with van der Waals surface area (Å²) in [4.78, 5) is 2.47.